The summed E-state index contributed by atoms with van der Waals surface area (Å²) < 4.78 is 5.02. The fraction of sp³-hybridized carbons (Fsp3) is 0.500. The number of nitrogens with one attached hydrogen (secondary N) is 1. The van der Waals surface area contributed by atoms with Crippen molar-refractivity contribution in [2.24, 2.45) is 5.92 Å². The second-order valence-corrected chi connectivity index (χ2v) is 5.69. The number of rotatable bonds is 9. The minimum absolute atomic E-state index is 0.0167. The lowest BCUT2D eigenvalue weighted by molar-refractivity contribution is -0.121. The smallest absolute Gasteiger partial charge is 0.220 e. The molecule has 2 N–H and O–H groups in total. The molecule has 1 aromatic rings. The topological polar surface area (TPSA) is 58.6 Å². The average Bonchev–Trinajstić information content (AvgIpc) is 2.49. The molecule has 0 saturated carbocycles. The van der Waals surface area contributed by atoms with Gasteiger partial charge in [0, 0.05) is 24.6 Å². The Labute approximate surface area is 133 Å². The number of amides is 1. The summed E-state index contributed by atoms with van der Waals surface area (Å²) in [6.07, 6.45) is 7.80. The van der Waals surface area contributed by atoms with Crippen LogP contribution < -0.4 is 10.1 Å². The van der Waals surface area contributed by atoms with E-state index in [2.05, 4.69) is 31.3 Å². The lowest BCUT2D eigenvalue weighted by Crippen LogP contribution is -2.22. The summed E-state index contributed by atoms with van der Waals surface area (Å²) in [7, 11) is 1.55. The van der Waals surface area contributed by atoms with Gasteiger partial charge in [0.1, 0.15) is 11.5 Å². The molecule has 0 saturated heterocycles. The van der Waals surface area contributed by atoms with E-state index in [4.69, 9.17) is 4.74 Å². The molecule has 1 amide bonds. The van der Waals surface area contributed by atoms with Crippen LogP contribution in [0.25, 0.3) is 0 Å². The van der Waals surface area contributed by atoms with E-state index >= 15 is 0 Å². The molecular weight excluding hydrogens is 278 g/mol. The van der Waals surface area contributed by atoms with Gasteiger partial charge in [0.05, 0.1) is 7.11 Å². The van der Waals surface area contributed by atoms with Crippen LogP contribution in [0.2, 0.25) is 0 Å². The van der Waals surface area contributed by atoms with Gasteiger partial charge in [-0.15, -0.1) is 0 Å². The van der Waals surface area contributed by atoms with Crippen LogP contribution in [0.15, 0.2) is 30.4 Å². The van der Waals surface area contributed by atoms with E-state index in [1.165, 1.54) is 0 Å². The van der Waals surface area contributed by atoms with Gasteiger partial charge in [-0.2, -0.15) is 0 Å². The Kier molecular flexibility index (Phi) is 8.11. The molecular formula is C18H27NO3. The van der Waals surface area contributed by atoms with Crippen LogP contribution >= 0.6 is 0 Å². The highest BCUT2D eigenvalue weighted by Crippen LogP contribution is 2.23. The van der Waals surface area contributed by atoms with Gasteiger partial charge in [0.15, 0.2) is 0 Å². The van der Waals surface area contributed by atoms with E-state index in [0.29, 0.717) is 30.2 Å². The third-order valence-electron chi connectivity index (χ3n) is 3.31. The van der Waals surface area contributed by atoms with Gasteiger partial charge in [-0.1, -0.05) is 26.0 Å². The van der Waals surface area contributed by atoms with Crippen LogP contribution in [-0.4, -0.2) is 18.1 Å². The number of aromatic hydroxyl groups is 1. The molecule has 1 rings (SSSR count). The molecule has 4 nitrogen and oxygen atoms in total. The number of carbonyl (C=O) groups is 1. The summed E-state index contributed by atoms with van der Waals surface area (Å²) >= 11 is 0. The van der Waals surface area contributed by atoms with Crippen molar-refractivity contribution >= 4 is 5.91 Å². The summed E-state index contributed by atoms with van der Waals surface area (Å²) in [6, 6.07) is 5.07. The highest BCUT2D eigenvalue weighted by atomic mass is 16.5. The molecule has 0 heterocycles. The van der Waals surface area contributed by atoms with Gasteiger partial charge >= 0.3 is 0 Å². The molecule has 0 fully saturated rings. The maximum atomic E-state index is 11.8. The highest BCUT2D eigenvalue weighted by molar-refractivity contribution is 5.75. The van der Waals surface area contributed by atoms with E-state index in [1.807, 2.05) is 0 Å². The SMILES string of the molecule is COc1ccc(CNC(=O)CCCC/C=C/C(C)C)c(O)c1. The summed E-state index contributed by atoms with van der Waals surface area (Å²) in [5.74, 6) is 1.34. The number of ether oxygens (including phenoxy) is 1. The molecule has 22 heavy (non-hydrogen) atoms. The Balaban J connectivity index is 2.23. The second-order valence-electron chi connectivity index (χ2n) is 5.69. The summed E-state index contributed by atoms with van der Waals surface area (Å²) in [6.45, 7) is 4.64. The maximum absolute atomic E-state index is 11.8. The average molecular weight is 305 g/mol. The lowest BCUT2D eigenvalue weighted by atomic mass is 10.1. The monoisotopic (exact) mass is 305 g/mol. The van der Waals surface area contributed by atoms with Gasteiger partial charge < -0.3 is 15.2 Å². The van der Waals surface area contributed by atoms with Crippen molar-refractivity contribution in [3.63, 3.8) is 0 Å². The zero-order valence-corrected chi connectivity index (χ0v) is 13.8. The van der Waals surface area contributed by atoms with Crippen molar-refractivity contribution in [1.82, 2.24) is 5.32 Å². The van der Waals surface area contributed by atoms with E-state index in [0.717, 1.165) is 19.3 Å². The fourth-order valence-corrected chi connectivity index (χ4v) is 2.02. The van der Waals surface area contributed by atoms with Crippen LogP contribution in [0.1, 0.15) is 45.1 Å². The second kappa shape index (κ2) is 9.87. The van der Waals surface area contributed by atoms with E-state index in [1.54, 1.807) is 25.3 Å². The van der Waals surface area contributed by atoms with Crippen molar-refractivity contribution in [3.8, 4) is 11.5 Å². The highest BCUT2D eigenvalue weighted by Gasteiger charge is 2.05. The number of carbonyl (C=O) groups excluding carboxylic acids is 1. The van der Waals surface area contributed by atoms with Crippen LogP contribution in [0.3, 0.4) is 0 Å². The minimum atomic E-state index is 0.0167. The zero-order chi connectivity index (χ0) is 16.4. The van der Waals surface area contributed by atoms with Gasteiger partial charge in [-0.05, 0) is 37.3 Å². The molecule has 4 heteroatoms. The number of hydrogen-bond acceptors (Lipinski definition) is 3. The van der Waals surface area contributed by atoms with E-state index in [-0.39, 0.29) is 11.7 Å². The summed E-state index contributed by atoms with van der Waals surface area (Å²) in [4.78, 5) is 11.8. The molecule has 0 aliphatic rings. The predicted octanol–water partition coefficient (Wildman–Crippen LogP) is 3.79. The Bertz CT molecular complexity index is 495. The predicted molar refractivity (Wildman–Crippen MR) is 89.0 cm³/mol. The first kappa shape index (κ1) is 18.1. The first-order chi connectivity index (χ1) is 10.5. The van der Waals surface area contributed by atoms with Gasteiger partial charge in [-0.3, -0.25) is 4.79 Å². The number of methoxy groups -OCH3 is 1. The number of phenols is 1. The first-order valence-electron chi connectivity index (χ1n) is 7.82. The number of allylic oxidation sites excluding steroid dienone is 2. The van der Waals surface area contributed by atoms with Gasteiger partial charge in [-0.25, -0.2) is 0 Å². The number of phenolic OH excluding ortho intramolecular Hbond substituents is 1. The van der Waals surface area contributed by atoms with Crippen LogP contribution in [0.4, 0.5) is 0 Å². The molecule has 0 aliphatic heterocycles. The van der Waals surface area contributed by atoms with Crippen molar-refractivity contribution in [3.05, 3.63) is 35.9 Å². The third kappa shape index (κ3) is 7.16. The Morgan fingerprint density at radius 2 is 2.14 bits per heavy atom. The molecule has 0 bridgehead atoms. The van der Waals surface area contributed by atoms with Crippen molar-refractivity contribution in [1.29, 1.82) is 0 Å². The third-order valence-corrected chi connectivity index (χ3v) is 3.31. The molecule has 0 aliphatic carbocycles. The molecule has 1 aromatic carbocycles. The van der Waals surface area contributed by atoms with Crippen LogP contribution in [-0.2, 0) is 11.3 Å². The fourth-order valence-electron chi connectivity index (χ4n) is 2.02. The maximum Gasteiger partial charge on any atom is 0.220 e. The quantitative estimate of drug-likeness (QED) is 0.539. The standard InChI is InChI=1S/C18H27NO3/c1-14(2)8-6-4-5-7-9-18(21)19-13-15-10-11-16(22-3)12-17(15)20/h6,8,10-12,14,20H,4-5,7,9,13H2,1-3H3,(H,19,21)/b8-6+. The lowest BCUT2D eigenvalue weighted by Gasteiger charge is -2.08. The minimum Gasteiger partial charge on any atom is -0.507 e. The molecule has 0 radical (unpaired) electrons. The van der Waals surface area contributed by atoms with Crippen molar-refractivity contribution in [2.45, 2.75) is 46.1 Å². The summed E-state index contributed by atoms with van der Waals surface area (Å²) in [5, 5.41) is 12.6. The molecule has 0 spiro atoms. The first-order valence-corrected chi connectivity index (χ1v) is 7.82. The molecule has 0 aromatic heterocycles. The normalized spacial score (nSPS) is 11.1. The van der Waals surface area contributed by atoms with Crippen LogP contribution in [0.5, 0.6) is 11.5 Å². The van der Waals surface area contributed by atoms with E-state index in [9.17, 15) is 9.90 Å². The van der Waals surface area contributed by atoms with Crippen LogP contribution in [0, 0.1) is 5.92 Å². The number of hydrogen-bond donors (Lipinski definition) is 2. The largest absolute Gasteiger partial charge is 0.507 e. The molecule has 0 unspecified atom stereocenters. The molecule has 122 valence electrons. The Hall–Kier alpha value is -1.97. The van der Waals surface area contributed by atoms with E-state index < -0.39 is 0 Å². The number of unbranched alkanes of at least 4 members (excludes halogenated alkanes) is 2. The van der Waals surface area contributed by atoms with Gasteiger partial charge in [0.2, 0.25) is 5.91 Å². The van der Waals surface area contributed by atoms with Gasteiger partial charge in [0.25, 0.3) is 0 Å². The zero-order valence-electron chi connectivity index (χ0n) is 13.8. The van der Waals surface area contributed by atoms with Crippen molar-refractivity contribution < 1.29 is 14.6 Å². The van der Waals surface area contributed by atoms with Crippen molar-refractivity contribution in [2.75, 3.05) is 7.11 Å². The Morgan fingerprint density at radius 1 is 1.36 bits per heavy atom. The Morgan fingerprint density at radius 3 is 2.77 bits per heavy atom. The summed E-state index contributed by atoms with van der Waals surface area (Å²) in [5.41, 5.74) is 0.689. The number of benzene rings is 1. The molecule has 0 atom stereocenters.